The lowest BCUT2D eigenvalue weighted by atomic mass is 9.85. The minimum absolute atomic E-state index is 0.548. The van der Waals surface area contributed by atoms with Crippen LogP contribution < -0.4 is 10.6 Å². The number of nitrogens with one attached hydrogen (secondary N) is 2. The predicted molar refractivity (Wildman–Crippen MR) is 91.2 cm³/mol. The van der Waals surface area contributed by atoms with E-state index in [9.17, 15) is 0 Å². The van der Waals surface area contributed by atoms with Gasteiger partial charge in [-0.05, 0) is 61.9 Å². The van der Waals surface area contributed by atoms with Gasteiger partial charge in [0.15, 0.2) is 5.11 Å². The molecule has 1 saturated carbocycles. The third-order valence-electron chi connectivity index (χ3n) is 4.41. The van der Waals surface area contributed by atoms with E-state index in [1.165, 1.54) is 37.7 Å². The van der Waals surface area contributed by atoms with Crippen LogP contribution in [0, 0.1) is 5.92 Å². The number of hydrogen-bond donors (Lipinski definition) is 2. The van der Waals surface area contributed by atoms with Gasteiger partial charge in [0.2, 0.25) is 0 Å². The molecule has 2 nitrogen and oxygen atoms in total. The van der Waals surface area contributed by atoms with E-state index >= 15 is 0 Å². The minimum atomic E-state index is 0.548. The number of hydrogen-bond acceptors (Lipinski definition) is 1. The Hall–Kier alpha value is -1.09. The normalized spacial score (nSPS) is 22.3. The number of thiocarbonyl (C=S) groups is 1. The summed E-state index contributed by atoms with van der Waals surface area (Å²) < 4.78 is 0. The van der Waals surface area contributed by atoms with E-state index in [0.29, 0.717) is 6.04 Å². The van der Waals surface area contributed by atoms with Crippen molar-refractivity contribution in [2.75, 3.05) is 5.32 Å². The summed E-state index contributed by atoms with van der Waals surface area (Å²) in [6.45, 7) is 4.47. The highest BCUT2D eigenvalue weighted by Gasteiger charge is 2.20. The van der Waals surface area contributed by atoms with E-state index in [0.717, 1.165) is 23.1 Å². The third kappa shape index (κ3) is 4.20. The Morgan fingerprint density at radius 3 is 2.50 bits per heavy atom. The molecule has 0 aromatic heterocycles. The van der Waals surface area contributed by atoms with E-state index in [1.54, 1.807) is 0 Å². The molecule has 0 aliphatic heterocycles. The van der Waals surface area contributed by atoms with Crippen molar-refractivity contribution in [3.8, 4) is 0 Å². The molecular formula is C17H26N2S. The smallest absolute Gasteiger partial charge is 0.171 e. The van der Waals surface area contributed by atoms with Gasteiger partial charge in [-0.2, -0.15) is 0 Å². The highest BCUT2D eigenvalue weighted by atomic mass is 32.1. The standard InChI is InChI=1S/C17H26N2S/c1-3-13-9-11-15(12-10-13)18-17(20)19-16-8-6-5-7-14(16)4-2/h5-8,13,15H,3-4,9-12H2,1-2H3,(H2,18,19,20). The molecule has 1 aliphatic carbocycles. The van der Waals surface area contributed by atoms with Gasteiger partial charge in [0.05, 0.1) is 0 Å². The van der Waals surface area contributed by atoms with Crippen molar-refractivity contribution in [1.82, 2.24) is 5.32 Å². The molecule has 2 rings (SSSR count). The van der Waals surface area contributed by atoms with E-state index in [1.807, 2.05) is 0 Å². The SMILES string of the molecule is CCc1ccccc1NC(=S)NC1CCC(CC)CC1. The molecule has 0 unspecified atom stereocenters. The number of benzene rings is 1. The van der Waals surface area contributed by atoms with Crippen LogP contribution in [-0.2, 0) is 6.42 Å². The molecule has 20 heavy (non-hydrogen) atoms. The first-order valence-electron chi connectivity index (χ1n) is 7.88. The van der Waals surface area contributed by atoms with Crippen molar-refractivity contribution in [1.29, 1.82) is 0 Å². The molecule has 110 valence electrons. The second-order valence-electron chi connectivity index (χ2n) is 5.74. The largest absolute Gasteiger partial charge is 0.360 e. The van der Waals surface area contributed by atoms with Crippen LogP contribution in [0.3, 0.4) is 0 Å². The molecule has 2 N–H and O–H groups in total. The van der Waals surface area contributed by atoms with Crippen molar-refractivity contribution in [3.63, 3.8) is 0 Å². The van der Waals surface area contributed by atoms with Crippen LogP contribution in [0.1, 0.15) is 51.5 Å². The Kier molecular flexibility index (Phi) is 5.84. The Labute approximate surface area is 128 Å². The average Bonchev–Trinajstić information content (AvgIpc) is 2.48. The van der Waals surface area contributed by atoms with Crippen LogP contribution in [0.25, 0.3) is 0 Å². The molecule has 1 aliphatic rings. The lowest BCUT2D eigenvalue weighted by molar-refractivity contribution is 0.306. The molecule has 0 heterocycles. The first-order valence-corrected chi connectivity index (χ1v) is 8.29. The fourth-order valence-electron chi connectivity index (χ4n) is 3.01. The lowest BCUT2D eigenvalue weighted by Gasteiger charge is -2.29. The zero-order valence-corrected chi connectivity index (χ0v) is 13.4. The van der Waals surface area contributed by atoms with Crippen LogP contribution >= 0.6 is 12.2 Å². The molecule has 1 aromatic rings. The Morgan fingerprint density at radius 1 is 1.15 bits per heavy atom. The fourth-order valence-corrected chi connectivity index (χ4v) is 3.29. The first-order chi connectivity index (χ1) is 9.72. The minimum Gasteiger partial charge on any atom is -0.360 e. The van der Waals surface area contributed by atoms with Crippen molar-refractivity contribution >= 4 is 23.0 Å². The summed E-state index contributed by atoms with van der Waals surface area (Å²) in [5.41, 5.74) is 2.45. The molecule has 0 bridgehead atoms. The van der Waals surface area contributed by atoms with Crippen LogP contribution in [0.2, 0.25) is 0 Å². The number of para-hydroxylation sites is 1. The molecule has 3 heteroatoms. The highest BCUT2D eigenvalue weighted by molar-refractivity contribution is 7.80. The van der Waals surface area contributed by atoms with E-state index in [2.05, 4.69) is 48.7 Å². The van der Waals surface area contributed by atoms with Gasteiger partial charge in [0, 0.05) is 11.7 Å². The maximum atomic E-state index is 5.46. The van der Waals surface area contributed by atoms with Crippen molar-refractivity contribution < 1.29 is 0 Å². The van der Waals surface area contributed by atoms with Crippen LogP contribution in [0.15, 0.2) is 24.3 Å². The van der Waals surface area contributed by atoms with Gasteiger partial charge in [0.1, 0.15) is 0 Å². The maximum Gasteiger partial charge on any atom is 0.171 e. The summed E-state index contributed by atoms with van der Waals surface area (Å²) in [7, 11) is 0. The lowest BCUT2D eigenvalue weighted by Crippen LogP contribution is -2.40. The summed E-state index contributed by atoms with van der Waals surface area (Å²) in [5, 5.41) is 7.61. The summed E-state index contributed by atoms with van der Waals surface area (Å²) in [5.74, 6) is 0.926. The van der Waals surface area contributed by atoms with Gasteiger partial charge in [0.25, 0.3) is 0 Å². The maximum absolute atomic E-state index is 5.46. The Bertz CT molecular complexity index is 436. The number of anilines is 1. The first kappa shape index (κ1) is 15.3. The Balaban J connectivity index is 1.84. The molecular weight excluding hydrogens is 264 g/mol. The molecule has 0 amide bonds. The van der Waals surface area contributed by atoms with Gasteiger partial charge in [-0.15, -0.1) is 0 Å². The summed E-state index contributed by atoms with van der Waals surface area (Å²) >= 11 is 5.46. The van der Waals surface area contributed by atoms with Gasteiger partial charge in [-0.25, -0.2) is 0 Å². The van der Waals surface area contributed by atoms with Crippen molar-refractivity contribution in [2.24, 2.45) is 5.92 Å². The van der Waals surface area contributed by atoms with Gasteiger partial charge in [-0.3, -0.25) is 0 Å². The molecule has 0 atom stereocenters. The summed E-state index contributed by atoms with van der Waals surface area (Å²) in [6.07, 6.45) is 7.50. The molecule has 1 fully saturated rings. The van der Waals surface area contributed by atoms with Gasteiger partial charge < -0.3 is 10.6 Å². The molecule has 1 aromatic carbocycles. The molecule has 0 radical (unpaired) electrons. The van der Waals surface area contributed by atoms with E-state index < -0.39 is 0 Å². The quantitative estimate of drug-likeness (QED) is 0.798. The van der Waals surface area contributed by atoms with Gasteiger partial charge >= 0.3 is 0 Å². The number of rotatable bonds is 4. The topological polar surface area (TPSA) is 24.1 Å². The zero-order chi connectivity index (χ0) is 14.4. The van der Waals surface area contributed by atoms with Crippen LogP contribution in [-0.4, -0.2) is 11.2 Å². The van der Waals surface area contributed by atoms with Crippen LogP contribution in [0.4, 0.5) is 5.69 Å². The summed E-state index contributed by atoms with van der Waals surface area (Å²) in [6, 6.07) is 8.92. The molecule has 0 saturated heterocycles. The summed E-state index contributed by atoms with van der Waals surface area (Å²) in [4.78, 5) is 0. The van der Waals surface area contributed by atoms with Gasteiger partial charge in [-0.1, -0.05) is 38.5 Å². The number of aryl methyl sites for hydroxylation is 1. The monoisotopic (exact) mass is 290 g/mol. The second kappa shape index (κ2) is 7.63. The van der Waals surface area contributed by atoms with Crippen LogP contribution in [0.5, 0.6) is 0 Å². The molecule has 0 spiro atoms. The zero-order valence-electron chi connectivity index (χ0n) is 12.6. The Morgan fingerprint density at radius 2 is 1.85 bits per heavy atom. The predicted octanol–water partition coefficient (Wildman–Crippen LogP) is 4.50. The second-order valence-corrected chi connectivity index (χ2v) is 6.14. The van der Waals surface area contributed by atoms with Crippen molar-refractivity contribution in [3.05, 3.63) is 29.8 Å². The third-order valence-corrected chi connectivity index (χ3v) is 4.63. The van der Waals surface area contributed by atoms with E-state index in [-0.39, 0.29) is 0 Å². The van der Waals surface area contributed by atoms with Crippen molar-refractivity contribution in [2.45, 2.75) is 58.4 Å². The average molecular weight is 290 g/mol. The fraction of sp³-hybridized carbons (Fsp3) is 0.588. The highest BCUT2D eigenvalue weighted by Crippen LogP contribution is 2.26. The van der Waals surface area contributed by atoms with E-state index in [4.69, 9.17) is 12.2 Å².